The average molecular weight is 220 g/mol. The first-order chi connectivity index (χ1) is 7.50. The van der Waals surface area contributed by atoms with Crippen LogP contribution >= 0.6 is 0 Å². The third kappa shape index (κ3) is 3.13. The molecule has 0 aliphatic rings. The molecule has 5 nitrogen and oxygen atoms in total. The van der Waals surface area contributed by atoms with Crippen molar-refractivity contribution in [2.45, 2.75) is 6.92 Å². The molecule has 0 spiro atoms. The number of hydrogen-bond acceptors (Lipinski definition) is 5. The molecule has 84 valence electrons. The van der Waals surface area contributed by atoms with Crippen molar-refractivity contribution >= 4 is 18.0 Å². The lowest BCUT2D eigenvalue weighted by Crippen LogP contribution is -2.26. The summed E-state index contributed by atoms with van der Waals surface area (Å²) in [5.74, 6) is -2.65. The monoisotopic (exact) mass is 220 g/mol. The van der Waals surface area contributed by atoms with Crippen LogP contribution < -0.4 is 10.2 Å². The first-order valence-electron chi connectivity index (χ1n) is 4.37. The summed E-state index contributed by atoms with van der Waals surface area (Å²) in [5.41, 5.74) is -0.240. The number of carboxylic acid groups (broad SMARTS) is 2. The van der Waals surface area contributed by atoms with Gasteiger partial charge in [-0.1, -0.05) is 0 Å². The molecule has 0 fully saturated rings. The Hall–Kier alpha value is -2.30. The Labute approximate surface area is 91.3 Å². The van der Waals surface area contributed by atoms with Gasteiger partial charge in [-0.05, 0) is 36.8 Å². The summed E-state index contributed by atoms with van der Waals surface area (Å²) in [6, 6.07) is 3.12. The van der Waals surface area contributed by atoms with Crippen LogP contribution in [0, 0.1) is 0 Å². The smallest absolute Gasteiger partial charge is 0.127 e. The van der Waals surface area contributed by atoms with Gasteiger partial charge in [0.2, 0.25) is 0 Å². The standard InChI is InChI=1S/C11H10O5/c1-7(5-10(12)13)9(11(14)15)6-8-3-2-4-16-8/h2-6H,1H3,(H,12,13)(H,14,15)/p-2/b7-5-,9-6-. The van der Waals surface area contributed by atoms with Gasteiger partial charge >= 0.3 is 0 Å². The highest BCUT2D eigenvalue weighted by Gasteiger charge is 2.03. The van der Waals surface area contributed by atoms with E-state index in [1.807, 2.05) is 0 Å². The van der Waals surface area contributed by atoms with Crippen LogP contribution in [0.3, 0.4) is 0 Å². The van der Waals surface area contributed by atoms with Crippen LogP contribution in [0.1, 0.15) is 12.7 Å². The molecule has 1 heterocycles. The fourth-order valence-corrected chi connectivity index (χ4v) is 1.10. The second-order valence-corrected chi connectivity index (χ2v) is 3.01. The zero-order valence-electron chi connectivity index (χ0n) is 8.43. The van der Waals surface area contributed by atoms with E-state index in [0.29, 0.717) is 11.8 Å². The van der Waals surface area contributed by atoms with Gasteiger partial charge in [-0.15, -0.1) is 0 Å². The second kappa shape index (κ2) is 4.97. The van der Waals surface area contributed by atoms with Gasteiger partial charge in [-0.2, -0.15) is 0 Å². The van der Waals surface area contributed by atoms with Crippen LogP contribution in [0.25, 0.3) is 6.08 Å². The Balaban J connectivity index is 3.10. The van der Waals surface area contributed by atoms with Gasteiger partial charge in [0.05, 0.1) is 18.2 Å². The van der Waals surface area contributed by atoms with Gasteiger partial charge in [-0.3, -0.25) is 0 Å². The summed E-state index contributed by atoms with van der Waals surface area (Å²) >= 11 is 0. The van der Waals surface area contributed by atoms with Gasteiger partial charge in [0.25, 0.3) is 0 Å². The van der Waals surface area contributed by atoms with Crippen molar-refractivity contribution in [3.8, 4) is 0 Å². The molecule has 0 aliphatic carbocycles. The third-order valence-electron chi connectivity index (χ3n) is 1.81. The molecule has 0 amide bonds. The number of furan rings is 1. The molecule has 0 aliphatic heterocycles. The van der Waals surface area contributed by atoms with Crippen LogP contribution in [0.15, 0.2) is 40.0 Å². The van der Waals surface area contributed by atoms with Gasteiger partial charge in [0.15, 0.2) is 0 Å². The number of hydrogen-bond donors (Lipinski definition) is 0. The fraction of sp³-hybridized carbons (Fsp3) is 0.0909. The van der Waals surface area contributed by atoms with E-state index in [-0.39, 0.29) is 11.1 Å². The molecule has 0 radical (unpaired) electrons. The van der Waals surface area contributed by atoms with Gasteiger partial charge in [0, 0.05) is 5.57 Å². The third-order valence-corrected chi connectivity index (χ3v) is 1.81. The first kappa shape index (κ1) is 11.8. The van der Waals surface area contributed by atoms with Crippen molar-refractivity contribution in [3.63, 3.8) is 0 Å². The van der Waals surface area contributed by atoms with Crippen LogP contribution in [-0.4, -0.2) is 11.9 Å². The van der Waals surface area contributed by atoms with Crippen LogP contribution in [-0.2, 0) is 9.59 Å². The summed E-state index contributed by atoms with van der Waals surface area (Å²) in [5, 5.41) is 21.1. The van der Waals surface area contributed by atoms with Crippen molar-refractivity contribution in [1.29, 1.82) is 0 Å². The maximum absolute atomic E-state index is 10.8. The van der Waals surface area contributed by atoms with E-state index >= 15 is 0 Å². The highest BCUT2D eigenvalue weighted by atomic mass is 16.4. The van der Waals surface area contributed by atoms with E-state index in [2.05, 4.69) is 0 Å². The minimum atomic E-state index is -1.48. The van der Waals surface area contributed by atoms with E-state index in [1.165, 1.54) is 25.3 Å². The molecular weight excluding hydrogens is 212 g/mol. The van der Waals surface area contributed by atoms with Gasteiger partial charge < -0.3 is 24.2 Å². The molecule has 0 unspecified atom stereocenters. The Morgan fingerprint density at radius 2 is 2.06 bits per heavy atom. The maximum Gasteiger partial charge on any atom is 0.127 e. The number of carboxylic acids is 2. The Kier molecular flexibility index (Phi) is 3.66. The normalized spacial score (nSPS) is 12.6. The molecule has 16 heavy (non-hydrogen) atoms. The largest absolute Gasteiger partial charge is 0.545 e. The number of rotatable bonds is 4. The van der Waals surface area contributed by atoms with Crippen molar-refractivity contribution in [2.75, 3.05) is 0 Å². The van der Waals surface area contributed by atoms with Crippen molar-refractivity contribution in [1.82, 2.24) is 0 Å². The lowest BCUT2D eigenvalue weighted by molar-refractivity contribution is -0.298. The lowest BCUT2D eigenvalue weighted by Gasteiger charge is -2.09. The highest BCUT2D eigenvalue weighted by molar-refractivity contribution is 5.97. The van der Waals surface area contributed by atoms with E-state index in [9.17, 15) is 19.8 Å². The first-order valence-corrected chi connectivity index (χ1v) is 4.37. The molecule has 0 aromatic carbocycles. The molecular formula is C11H8O5-2. The molecule has 0 saturated heterocycles. The molecule has 0 atom stereocenters. The quantitative estimate of drug-likeness (QED) is 0.484. The molecule has 0 N–H and O–H groups in total. The van der Waals surface area contributed by atoms with E-state index < -0.39 is 11.9 Å². The Morgan fingerprint density at radius 3 is 2.50 bits per heavy atom. The summed E-state index contributed by atoms with van der Waals surface area (Å²) in [6.45, 7) is 1.33. The van der Waals surface area contributed by atoms with Gasteiger partial charge in [-0.25, -0.2) is 0 Å². The predicted octanol–water partition coefficient (Wildman–Crippen LogP) is -0.891. The summed E-state index contributed by atoms with van der Waals surface area (Å²) in [4.78, 5) is 21.1. The summed E-state index contributed by atoms with van der Waals surface area (Å²) in [7, 11) is 0. The molecule has 1 rings (SSSR count). The van der Waals surface area contributed by atoms with E-state index in [0.717, 1.165) is 0 Å². The molecule has 0 saturated carbocycles. The van der Waals surface area contributed by atoms with Gasteiger partial charge in [0.1, 0.15) is 5.76 Å². The van der Waals surface area contributed by atoms with Crippen molar-refractivity contribution < 1.29 is 24.2 Å². The minimum absolute atomic E-state index is 0.0244. The van der Waals surface area contributed by atoms with Crippen LogP contribution in [0.5, 0.6) is 0 Å². The molecule has 5 heteroatoms. The minimum Gasteiger partial charge on any atom is -0.545 e. The Morgan fingerprint density at radius 1 is 1.38 bits per heavy atom. The molecule has 1 aromatic heterocycles. The zero-order chi connectivity index (χ0) is 12.1. The SMILES string of the molecule is CC(=C/C(=O)[O-])/C(=C/c1ccco1)C(=O)[O-]. The zero-order valence-corrected chi connectivity index (χ0v) is 8.43. The average Bonchev–Trinajstić information content (AvgIpc) is 2.64. The van der Waals surface area contributed by atoms with E-state index in [1.54, 1.807) is 6.07 Å². The van der Waals surface area contributed by atoms with E-state index in [4.69, 9.17) is 4.42 Å². The number of carbonyl (C=O) groups excluding carboxylic acids is 2. The predicted molar refractivity (Wildman–Crippen MR) is 50.5 cm³/mol. The number of carbonyl (C=O) groups is 2. The lowest BCUT2D eigenvalue weighted by atomic mass is 10.1. The van der Waals surface area contributed by atoms with Crippen LogP contribution in [0.2, 0.25) is 0 Å². The van der Waals surface area contributed by atoms with Crippen molar-refractivity contribution in [2.24, 2.45) is 0 Å². The molecule has 1 aromatic rings. The highest BCUT2D eigenvalue weighted by Crippen LogP contribution is 2.14. The Bertz CT molecular complexity index is 451. The molecule has 0 bridgehead atoms. The topological polar surface area (TPSA) is 93.4 Å². The maximum atomic E-state index is 10.8. The van der Waals surface area contributed by atoms with Crippen molar-refractivity contribution in [3.05, 3.63) is 41.4 Å². The number of aliphatic carboxylic acids is 2. The second-order valence-electron chi connectivity index (χ2n) is 3.01. The summed E-state index contributed by atoms with van der Waals surface area (Å²) < 4.78 is 4.91. The van der Waals surface area contributed by atoms with Crippen LogP contribution in [0.4, 0.5) is 0 Å². The summed E-state index contributed by atoms with van der Waals surface area (Å²) in [6.07, 6.45) is 3.24. The fourth-order valence-electron chi connectivity index (χ4n) is 1.10.